The minimum Gasteiger partial charge on any atom is -0.481 e. The van der Waals surface area contributed by atoms with Crippen LogP contribution in [0.25, 0.3) is 0 Å². The van der Waals surface area contributed by atoms with Gasteiger partial charge in [-0.3, -0.25) is 4.79 Å². The first-order valence-corrected chi connectivity index (χ1v) is 5.45. The number of carboxylic acid groups (broad SMARTS) is 1. The fourth-order valence-electron chi connectivity index (χ4n) is 1.48. The van der Waals surface area contributed by atoms with E-state index in [1.54, 1.807) is 6.92 Å². The first-order valence-electron chi connectivity index (χ1n) is 5.45. The van der Waals surface area contributed by atoms with E-state index >= 15 is 0 Å². The summed E-state index contributed by atoms with van der Waals surface area (Å²) in [5, 5.41) is 12.8. The molecule has 0 radical (unpaired) electrons. The number of carboxylic acids is 1. The Morgan fingerprint density at radius 2 is 2.38 bits per heavy atom. The van der Waals surface area contributed by atoms with Crippen molar-refractivity contribution < 1.29 is 14.4 Å². The summed E-state index contributed by atoms with van der Waals surface area (Å²) in [7, 11) is 0. The standard InChI is InChI=1S/C11H18N2O3/c1-4-5-13(7-8(2)11(14)15)10-6-9(3)16-12-10/h6,8H,4-5,7H2,1-3H3,(H,14,15). The zero-order valence-corrected chi connectivity index (χ0v) is 9.93. The Kier molecular flexibility index (Phi) is 4.34. The number of aliphatic carboxylic acids is 1. The maximum Gasteiger partial charge on any atom is 0.308 e. The molecule has 0 aliphatic carbocycles. The van der Waals surface area contributed by atoms with Crippen molar-refractivity contribution in [1.29, 1.82) is 0 Å². The van der Waals surface area contributed by atoms with Crippen molar-refractivity contribution >= 4 is 11.8 Å². The monoisotopic (exact) mass is 226 g/mol. The molecule has 1 rings (SSSR count). The molecule has 1 atom stereocenters. The summed E-state index contributed by atoms with van der Waals surface area (Å²) in [5.74, 6) is 0.247. The number of hydrogen-bond donors (Lipinski definition) is 1. The highest BCUT2D eigenvalue weighted by molar-refractivity contribution is 5.70. The third kappa shape index (κ3) is 3.25. The molecule has 1 aromatic heterocycles. The second kappa shape index (κ2) is 5.53. The number of rotatable bonds is 6. The molecule has 0 aliphatic rings. The molecule has 1 unspecified atom stereocenters. The van der Waals surface area contributed by atoms with E-state index in [-0.39, 0.29) is 0 Å². The predicted octanol–water partition coefficient (Wildman–Crippen LogP) is 1.92. The average molecular weight is 226 g/mol. The third-order valence-electron chi connectivity index (χ3n) is 2.35. The number of aryl methyl sites for hydroxylation is 1. The molecule has 16 heavy (non-hydrogen) atoms. The van der Waals surface area contributed by atoms with Gasteiger partial charge in [0, 0.05) is 19.2 Å². The quantitative estimate of drug-likeness (QED) is 0.802. The van der Waals surface area contributed by atoms with Crippen molar-refractivity contribution in [2.75, 3.05) is 18.0 Å². The Bertz CT molecular complexity index is 349. The van der Waals surface area contributed by atoms with Crippen LogP contribution in [0.1, 0.15) is 26.0 Å². The van der Waals surface area contributed by atoms with Crippen LogP contribution in [0.3, 0.4) is 0 Å². The van der Waals surface area contributed by atoms with Crippen LogP contribution >= 0.6 is 0 Å². The van der Waals surface area contributed by atoms with Gasteiger partial charge in [0.25, 0.3) is 0 Å². The van der Waals surface area contributed by atoms with E-state index in [1.807, 2.05) is 24.8 Å². The summed E-state index contributed by atoms with van der Waals surface area (Å²) < 4.78 is 4.99. The van der Waals surface area contributed by atoms with Crippen molar-refractivity contribution in [3.63, 3.8) is 0 Å². The summed E-state index contributed by atoms with van der Waals surface area (Å²) in [4.78, 5) is 12.7. The van der Waals surface area contributed by atoms with Crippen LogP contribution in [0.2, 0.25) is 0 Å². The van der Waals surface area contributed by atoms with Crippen molar-refractivity contribution in [1.82, 2.24) is 5.16 Å². The van der Waals surface area contributed by atoms with Gasteiger partial charge in [0.2, 0.25) is 0 Å². The molecule has 0 bridgehead atoms. The molecule has 0 saturated heterocycles. The lowest BCUT2D eigenvalue weighted by Gasteiger charge is -2.22. The van der Waals surface area contributed by atoms with Crippen LogP contribution in [0.5, 0.6) is 0 Å². The Balaban J connectivity index is 2.71. The molecule has 90 valence electrons. The fourth-order valence-corrected chi connectivity index (χ4v) is 1.48. The first-order chi connectivity index (χ1) is 7.54. The predicted molar refractivity (Wildman–Crippen MR) is 60.5 cm³/mol. The number of aromatic nitrogens is 1. The van der Waals surface area contributed by atoms with Gasteiger partial charge < -0.3 is 14.5 Å². The minimum absolute atomic E-state index is 0.413. The van der Waals surface area contributed by atoms with E-state index in [0.717, 1.165) is 18.7 Å². The van der Waals surface area contributed by atoms with Gasteiger partial charge >= 0.3 is 5.97 Å². The molecule has 0 spiro atoms. The Morgan fingerprint density at radius 1 is 1.69 bits per heavy atom. The highest BCUT2D eigenvalue weighted by atomic mass is 16.5. The maximum absolute atomic E-state index is 10.8. The topological polar surface area (TPSA) is 66.6 Å². The molecule has 0 amide bonds. The highest BCUT2D eigenvalue weighted by Crippen LogP contribution is 2.16. The lowest BCUT2D eigenvalue weighted by molar-refractivity contribution is -0.140. The summed E-state index contributed by atoms with van der Waals surface area (Å²) >= 11 is 0. The van der Waals surface area contributed by atoms with Gasteiger partial charge in [0.15, 0.2) is 5.82 Å². The molecular formula is C11H18N2O3. The highest BCUT2D eigenvalue weighted by Gasteiger charge is 2.18. The van der Waals surface area contributed by atoms with E-state index in [9.17, 15) is 4.79 Å². The van der Waals surface area contributed by atoms with Gasteiger partial charge in [-0.25, -0.2) is 0 Å². The Labute approximate surface area is 95.0 Å². The van der Waals surface area contributed by atoms with Gasteiger partial charge in [0.05, 0.1) is 5.92 Å². The van der Waals surface area contributed by atoms with Gasteiger partial charge in [0.1, 0.15) is 5.76 Å². The number of anilines is 1. The molecule has 5 nitrogen and oxygen atoms in total. The van der Waals surface area contributed by atoms with E-state index in [0.29, 0.717) is 12.4 Å². The maximum atomic E-state index is 10.8. The van der Waals surface area contributed by atoms with Gasteiger partial charge in [-0.05, 0) is 13.3 Å². The van der Waals surface area contributed by atoms with Crippen molar-refractivity contribution in [3.05, 3.63) is 11.8 Å². The normalized spacial score (nSPS) is 12.4. The first kappa shape index (κ1) is 12.5. The smallest absolute Gasteiger partial charge is 0.308 e. The van der Waals surface area contributed by atoms with Crippen molar-refractivity contribution in [2.45, 2.75) is 27.2 Å². The van der Waals surface area contributed by atoms with Crippen LogP contribution in [0, 0.1) is 12.8 Å². The van der Waals surface area contributed by atoms with E-state index in [2.05, 4.69) is 5.16 Å². The largest absolute Gasteiger partial charge is 0.481 e. The summed E-state index contributed by atoms with van der Waals surface area (Å²) in [6.45, 7) is 6.79. The zero-order chi connectivity index (χ0) is 12.1. The van der Waals surface area contributed by atoms with Gasteiger partial charge in [-0.1, -0.05) is 19.0 Å². The number of hydrogen-bond acceptors (Lipinski definition) is 4. The van der Waals surface area contributed by atoms with Crippen LogP contribution in [0.4, 0.5) is 5.82 Å². The van der Waals surface area contributed by atoms with E-state index < -0.39 is 11.9 Å². The average Bonchev–Trinajstić information content (AvgIpc) is 2.64. The second-order valence-corrected chi connectivity index (χ2v) is 3.98. The molecule has 1 aromatic rings. The van der Waals surface area contributed by atoms with Crippen LogP contribution in [0.15, 0.2) is 10.6 Å². The molecular weight excluding hydrogens is 208 g/mol. The summed E-state index contributed by atoms with van der Waals surface area (Å²) in [5.41, 5.74) is 0. The number of nitrogens with zero attached hydrogens (tertiary/aromatic N) is 2. The Morgan fingerprint density at radius 3 is 2.81 bits per heavy atom. The lowest BCUT2D eigenvalue weighted by atomic mass is 10.1. The summed E-state index contributed by atoms with van der Waals surface area (Å²) in [6.07, 6.45) is 0.943. The summed E-state index contributed by atoms with van der Waals surface area (Å²) in [6, 6.07) is 1.82. The second-order valence-electron chi connectivity index (χ2n) is 3.98. The Hall–Kier alpha value is -1.52. The van der Waals surface area contributed by atoms with Crippen LogP contribution in [-0.2, 0) is 4.79 Å². The minimum atomic E-state index is -0.790. The van der Waals surface area contributed by atoms with E-state index in [4.69, 9.17) is 9.63 Å². The van der Waals surface area contributed by atoms with Crippen LogP contribution in [-0.4, -0.2) is 29.3 Å². The molecule has 0 aliphatic heterocycles. The molecule has 1 N–H and O–H groups in total. The van der Waals surface area contributed by atoms with Crippen LogP contribution < -0.4 is 4.90 Å². The molecule has 5 heteroatoms. The SMILES string of the molecule is CCCN(CC(C)C(=O)O)c1cc(C)on1. The fraction of sp³-hybridized carbons (Fsp3) is 0.636. The van der Waals surface area contributed by atoms with Crippen molar-refractivity contribution in [3.8, 4) is 0 Å². The lowest BCUT2D eigenvalue weighted by Crippen LogP contribution is -2.32. The molecule has 1 heterocycles. The third-order valence-corrected chi connectivity index (χ3v) is 2.35. The zero-order valence-electron chi connectivity index (χ0n) is 9.93. The van der Waals surface area contributed by atoms with E-state index in [1.165, 1.54) is 0 Å². The number of carbonyl (C=O) groups is 1. The van der Waals surface area contributed by atoms with Gasteiger partial charge in [-0.2, -0.15) is 0 Å². The molecule has 0 saturated carbocycles. The molecule has 0 fully saturated rings. The van der Waals surface area contributed by atoms with Crippen molar-refractivity contribution in [2.24, 2.45) is 5.92 Å². The van der Waals surface area contributed by atoms with Gasteiger partial charge in [-0.15, -0.1) is 0 Å². The molecule has 0 aromatic carbocycles.